The zero-order valence-corrected chi connectivity index (χ0v) is 16.4. The van der Waals surface area contributed by atoms with Crippen LogP contribution in [0.2, 0.25) is 0 Å². The second-order valence-electron chi connectivity index (χ2n) is 7.11. The van der Waals surface area contributed by atoms with Gasteiger partial charge in [-0.3, -0.25) is 19.3 Å². The van der Waals surface area contributed by atoms with E-state index in [1.807, 2.05) is 24.3 Å². The summed E-state index contributed by atoms with van der Waals surface area (Å²) in [5.74, 6) is -2.05. The van der Waals surface area contributed by atoms with Crippen molar-refractivity contribution in [3.8, 4) is 5.75 Å². The van der Waals surface area contributed by atoms with Crippen molar-refractivity contribution in [1.82, 2.24) is 10.2 Å². The number of likely N-dealkylation sites (tertiary alicyclic amines) is 1. The first-order valence-electron chi connectivity index (χ1n) is 9.50. The summed E-state index contributed by atoms with van der Waals surface area (Å²) < 4.78 is 10.1. The predicted octanol–water partition coefficient (Wildman–Crippen LogP) is 1.19. The lowest BCUT2D eigenvalue weighted by atomic mass is 9.85. The number of rotatable bonds is 7. The van der Waals surface area contributed by atoms with Gasteiger partial charge in [0.25, 0.3) is 5.91 Å². The van der Waals surface area contributed by atoms with Crippen LogP contribution in [-0.2, 0) is 30.5 Å². The summed E-state index contributed by atoms with van der Waals surface area (Å²) in [6, 6.07) is 6.12. The number of methoxy groups -OCH3 is 1. The Morgan fingerprint density at radius 2 is 1.69 bits per heavy atom. The summed E-state index contributed by atoms with van der Waals surface area (Å²) in [6.07, 6.45) is 4.76. The highest BCUT2D eigenvalue weighted by Crippen LogP contribution is 2.36. The average molecular weight is 400 g/mol. The molecule has 3 rings (SSSR count). The number of nitrogens with zero attached hydrogens (tertiary/aromatic N) is 1. The molecule has 3 atom stereocenters. The Kier molecular flexibility index (Phi) is 6.31. The van der Waals surface area contributed by atoms with Crippen LogP contribution in [0.15, 0.2) is 36.4 Å². The summed E-state index contributed by atoms with van der Waals surface area (Å²) in [5.41, 5.74) is 0.864. The highest BCUT2D eigenvalue weighted by Gasteiger charge is 2.50. The topological polar surface area (TPSA) is 102 Å². The number of carbonyl (C=O) groups excluding carboxylic acids is 4. The lowest BCUT2D eigenvalue weighted by Crippen LogP contribution is -2.45. The Morgan fingerprint density at radius 3 is 2.24 bits per heavy atom. The van der Waals surface area contributed by atoms with Crippen LogP contribution in [0.1, 0.15) is 25.3 Å². The molecule has 0 unspecified atom stereocenters. The second kappa shape index (κ2) is 8.89. The Balaban J connectivity index is 1.47. The lowest BCUT2D eigenvalue weighted by Gasteiger charge is -2.21. The van der Waals surface area contributed by atoms with Crippen LogP contribution in [-0.4, -0.2) is 48.3 Å². The maximum absolute atomic E-state index is 12.5. The highest BCUT2D eigenvalue weighted by molar-refractivity contribution is 6.08. The molecule has 29 heavy (non-hydrogen) atoms. The van der Waals surface area contributed by atoms with E-state index in [4.69, 9.17) is 9.47 Å². The van der Waals surface area contributed by atoms with E-state index in [9.17, 15) is 19.2 Å². The molecule has 2 aliphatic rings. The van der Waals surface area contributed by atoms with Crippen LogP contribution in [0.3, 0.4) is 0 Å². The zero-order valence-electron chi connectivity index (χ0n) is 16.4. The number of nitrogens with one attached hydrogen (secondary N) is 1. The molecule has 8 nitrogen and oxygen atoms in total. The standard InChI is InChI=1S/C21H24N2O6/c1-13(23-19(25)16-5-3-4-6-17(16)20(23)26)21(27)29-12-18(24)22-11-14-7-9-15(28-2)10-8-14/h3-4,7-10,13,16-17H,5-6,11-12H2,1-2H3,(H,22,24)/t13-,16-,17+/m0/s1. The van der Waals surface area contributed by atoms with Crippen molar-refractivity contribution in [3.05, 3.63) is 42.0 Å². The summed E-state index contributed by atoms with van der Waals surface area (Å²) in [5, 5.41) is 2.65. The number of imide groups is 1. The molecule has 1 aromatic rings. The summed E-state index contributed by atoms with van der Waals surface area (Å²) >= 11 is 0. The third-order valence-electron chi connectivity index (χ3n) is 5.26. The van der Waals surface area contributed by atoms with Crippen molar-refractivity contribution >= 4 is 23.7 Å². The molecule has 1 aliphatic carbocycles. The molecule has 0 saturated carbocycles. The van der Waals surface area contributed by atoms with E-state index < -0.39 is 36.4 Å². The van der Waals surface area contributed by atoms with Gasteiger partial charge in [0.15, 0.2) is 6.61 Å². The first kappa shape index (κ1) is 20.6. The minimum Gasteiger partial charge on any atom is -0.497 e. The van der Waals surface area contributed by atoms with E-state index in [0.29, 0.717) is 18.6 Å². The normalized spacial score (nSPS) is 21.5. The van der Waals surface area contributed by atoms with Gasteiger partial charge in [0.2, 0.25) is 11.8 Å². The fourth-order valence-electron chi connectivity index (χ4n) is 3.57. The van der Waals surface area contributed by atoms with Crippen LogP contribution >= 0.6 is 0 Å². The molecule has 0 spiro atoms. The van der Waals surface area contributed by atoms with Crippen molar-refractivity contribution in [3.63, 3.8) is 0 Å². The molecule has 8 heteroatoms. The fraction of sp³-hybridized carbons (Fsp3) is 0.429. The van der Waals surface area contributed by atoms with E-state index in [1.165, 1.54) is 6.92 Å². The van der Waals surface area contributed by atoms with Gasteiger partial charge in [0, 0.05) is 6.54 Å². The quantitative estimate of drug-likeness (QED) is 0.419. The van der Waals surface area contributed by atoms with Crippen molar-refractivity contribution in [2.75, 3.05) is 13.7 Å². The molecule has 154 valence electrons. The number of esters is 1. The summed E-state index contributed by atoms with van der Waals surface area (Å²) in [4.78, 5) is 50.3. The van der Waals surface area contributed by atoms with Gasteiger partial charge in [-0.15, -0.1) is 0 Å². The van der Waals surface area contributed by atoms with Gasteiger partial charge in [-0.25, -0.2) is 4.79 Å². The van der Waals surface area contributed by atoms with Gasteiger partial charge in [-0.2, -0.15) is 0 Å². The molecule has 3 amide bonds. The van der Waals surface area contributed by atoms with E-state index in [0.717, 1.165) is 10.5 Å². The largest absolute Gasteiger partial charge is 0.497 e. The Morgan fingerprint density at radius 1 is 1.10 bits per heavy atom. The Bertz CT molecular complexity index is 806. The molecule has 1 fully saturated rings. The molecule has 1 aromatic carbocycles. The monoisotopic (exact) mass is 400 g/mol. The van der Waals surface area contributed by atoms with Crippen LogP contribution < -0.4 is 10.1 Å². The van der Waals surface area contributed by atoms with Crippen LogP contribution in [0, 0.1) is 11.8 Å². The van der Waals surface area contributed by atoms with Crippen LogP contribution in [0.5, 0.6) is 5.75 Å². The van der Waals surface area contributed by atoms with Gasteiger partial charge >= 0.3 is 5.97 Å². The minimum atomic E-state index is -1.06. The van der Waals surface area contributed by atoms with Gasteiger partial charge in [-0.05, 0) is 37.5 Å². The maximum atomic E-state index is 12.5. The molecule has 0 bridgehead atoms. The number of fused-ring (bicyclic) bond motifs is 1. The van der Waals surface area contributed by atoms with Crippen LogP contribution in [0.4, 0.5) is 0 Å². The molecule has 0 radical (unpaired) electrons. The number of ether oxygens (including phenoxy) is 2. The molecule has 1 aliphatic heterocycles. The number of allylic oxidation sites excluding steroid dienone is 2. The smallest absolute Gasteiger partial charge is 0.329 e. The van der Waals surface area contributed by atoms with Crippen molar-refractivity contribution in [2.45, 2.75) is 32.4 Å². The van der Waals surface area contributed by atoms with E-state index >= 15 is 0 Å². The third kappa shape index (κ3) is 4.47. The van der Waals surface area contributed by atoms with Crippen LogP contribution in [0.25, 0.3) is 0 Å². The summed E-state index contributed by atoms with van der Waals surface area (Å²) in [7, 11) is 1.57. The molecular formula is C21H24N2O6. The Labute approximate surface area is 168 Å². The highest BCUT2D eigenvalue weighted by atomic mass is 16.5. The van der Waals surface area contributed by atoms with Gasteiger partial charge in [0.1, 0.15) is 11.8 Å². The molecule has 1 N–H and O–H groups in total. The molecule has 0 aromatic heterocycles. The molecule has 1 heterocycles. The van der Waals surface area contributed by atoms with Gasteiger partial charge < -0.3 is 14.8 Å². The van der Waals surface area contributed by atoms with Gasteiger partial charge in [0.05, 0.1) is 18.9 Å². The third-order valence-corrected chi connectivity index (χ3v) is 5.26. The van der Waals surface area contributed by atoms with Gasteiger partial charge in [-0.1, -0.05) is 24.3 Å². The molecule has 1 saturated heterocycles. The van der Waals surface area contributed by atoms with Crippen molar-refractivity contribution in [1.29, 1.82) is 0 Å². The average Bonchev–Trinajstić information content (AvgIpc) is 3.00. The predicted molar refractivity (Wildman–Crippen MR) is 102 cm³/mol. The summed E-state index contributed by atoms with van der Waals surface area (Å²) in [6.45, 7) is 1.23. The second-order valence-corrected chi connectivity index (χ2v) is 7.11. The fourth-order valence-corrected chi connectivity index (χ4v) is 3.57. The lowest BCUT2D eigenvalue weighted by molar-refractivity contribution is -0.159. The Hall–Kier alpha value is -3.16. The number of amides is 3. The number of carbonyl (C=O) groups is 4. The van der Waals surface area contributed by atoms with E-state index in [-0.39, 0.29) is 18.4 Å². The first-order valence-corrected chi connectivity index (χ1v) is 9.50. The van der Waals surface area contributed by atoms with E-state index in [2.05, 4.69) is 5.32 Å². The number of hydrogen-bond donors (Lipinski definition) is 1. The number of hydrogen-bond acceptors (Lipinski definition) is 6. The zero-order chi connectivity index (χ0) is 21.0. The van der Waals surface area contributed by atoms with Crippen molar-refractivity contribution < 1.29 is 28.7 Å². The first-order chi connectivity index (χ1) is 13.9. The van der Waals surface area contributed by atoms with E-state index in [1.54, 1.807) is 19.2 Å². The maximum Gasteiger partial charge on any atom is 0.329 e. The minimum absolute atomic E-state index is 0.273. The number of benzene rings is 1. The van der Waals surface area contributed by atoms with Crippen molar-refractivity contribution in [2.24, 2.45) is 11.8 Å². The SMILES string of the molecule is COc1ccc(CNC(=O)COC(=O)[C@H](C)N2C(=O)[C@H]3CC=CC[C@H]3C2=O)cc1. The molecular weight excluding hydrogens is 376 g/mol.